The van der Waals surface area contributed by atoms with Gasteiger partial charge in [-0.15, -0.1) is 0 Å². The third-order valence-corrected chi connectivity index (χ3v) is 4.07. The first-order valence-corrected chi connectivity index (χ1v) is 5.33. The fourth-order valence-electron chi connectivity index (χ4n) is 3.08. The molecule has 0 aromatic carbocycles. The SMILES string of the molecule is CCC1CCCC2CC2C1C. The van der Waals surface area contributed by atoms with Gasteiger partial charge in [-0.05, 0) is 30.1 Å². The van der Waals surface area contributed by atoms with Crippen LogP contribution in [0.5, 0.6) is 0 Å². The molecule has 4 unspecified atom stereocenters. The number of hydrogen-bond donors (Lipinski definition) is 0. The smallest absolute Gasteiger partial charge is 0.0355 e. The summed E-state index contributed by atoms with van der Waals surface area (Å²) >= 11 is 0. The van der Waals surface area contributed by atoms with Crippen molar-refractivity contribution in [1.29, 1.82) is 0 Å². The Labute approximate surface area is 70.4 Å². The molecule has 0 heteroatoms. The molecular formula is C11H20. The summed E-state index contributed by atoms with van der Waals surface area (Å²) in [6.45, 7) is 4.86. The summed E-state index contributed by atoms with van der Waals surface area (Å²) in [6.07, 6.45) is 7.57. The van der Waals surface area contributed by atoms with Crippen molar-refractivity contribution in [3.8, 4) is 0 Å². The molecule has 0 aromatic rings. The Kier molecular flexibility index (Phi) is 1.95. The fourth-order valence-corrected chi connectivity index (χ4v) is 3.08. The van der Waals surface area contributed by atoms with E-state index in [4.69, 9.17) is 0 Å². The molecule has 0 bridgehead atoms. The highest BCUT2D eigenvalue weighted by molar-refractivity contribution is 4.94. The van der Waals surface area contributed by atoms with E-state index in [0.717, 1.165) is 23.7 Å². The summed E-state index contributed by atoms with van der Waals surface area (Å²) in [6, 6.07) is 0. The van der Waals surface area contributed by atoms with Gasteiger partial charge in [0.1, 0.15) is 0 Å². The lowest BCUT2D eigenvalue weighted by Gasteiger charge is -2.20. The maximum atomic E-state index is 2.49. The summed E-state index contributed by atoms with van der Waals surface area (Å²) in [5, 5.41) is 0. The molecule has 0 nitrogen and oxygen atoms in total. The Balaban J connectivity index is 1.99. The molecule has 0 aromatic heterocycles. The predicted molar refractivity (Wildman–Crippen MR) is 48.4 cm³/mol. The first-order valence-electron chi connectivity index (χ1n) is 5.33. The summed E-state index contributed by atoms with van der Waals surface area (Å²) in [5.74, 6) is 4.41. The molecule has 2 aliphatic rings. The number of hydrogen-bond acceptors (Lipinski definition) is 0. The van der Waals surface area contributed by atoms with E-state index in [0.29, 0.717) is 0 Å². The minimum absolute atomic E-state index is 1.05. The van der Waals surface area contributed by atoms with Crippen molar-refractivity contribution < 1.29 is 0 Å². The van der Waals surface area contributed by atoms with Crippen molar-refractivity contribution in [2.45, 2.75) is 46.0 Å². The molecule has 0 amide bonds. The molecular weight excluding hydrogens is 132 g/mol. The highest BCUT2D eigenvalue weighted by Crippen LogP contribution is 2.53. The second-order valence-electron chi connectivity index (χ2n) is 4.62. The molecule has 2 fully saturated rings. The first-order chi connectivity index (χ1) is 5.33. The summed E-state index contributed by atoms with van der Waals surface area (Å²) in [4.78, 5) is 0. The van der Waals surface area contributed by atoms with Crippen LogP contribution in [0.25, 0.3) is 0 Å². The van der Waals surface area contributed by atoms with Gasteiger partial charge in [-0.25, -0.2) is 0 Å². The van der Waals surface area contributed by atoms with Crippen LogP contribution in [0.4, 0.5) is 0 Å². The highest BCUT2D eigenvalue weighted by atomic mass is 14.5. The van der Waals surface area contributed by atoms with Crippen LogP contribution in [0.3, 0.4) is 0 Å². The molecule has 64 valence electrons. The largest absolute Gasteiger partial charge is 0.0651 e. The number of rotatable bonds is 1. The van der Waals surface area contributed by atoms with E-state index < -0.39 is 0 Å². The minimum atomic E-state index is 1.05. The zero-order valence-electron chi connectivity index (χ0n) is 7.84. The van der Waals surface area contributed by atoms with E-state index >= 15 is 0 Å². The van der Waals surface area contributed by atoms with Crippen LogP contribution in [-0.2, 0) is 0 Å². The Hall–Kier alpha value is 0. The van der Waals surface area contributed by atoms with Crippen molar-refractivity contribution in [2.75, 3.05) is 0 Å². The lowest BCUT2D eigenvalue weighted by atomic mass is 9.86. The Morgan fingerprint density at radius 3 is 2.82 bits per heavy atom. The standard InChI is InChI=1S/C11H20/c1-3-9-5-4-6-10-7-11(10)8(9)2/h8-11H,3-7H2,1-2H3. The molecule has 2 saturated carbocycles. The minimum Gasteiger partial charge on any atom is -0.0651 e. The molecule has 2 rings (SSSR count). The highest BCUT2D eigenvalue weighted by Gasteiger charge is 2.44. The molecule has 2 aliphatic carbocycles. The molecule has 0 radical (unpaired) electrons. The normalized spacial score (nSPS) is 49.6. The van der Waals surface area contributed by atoms with Gasteiger partial charge in [0.05, 0.1) is 0 Å². The average Bonchev–Trinajstić information content (AvgIpc) is 2.74. The lowest BCUT2D eigenvalue weighted by molar-refractivity contribution is 0.301. The van der Waals surface area contributed by atoms with Crippen molar-refractivity contribution in [1.82, 2.24) is 0 Å². The van der Waals surface area contributed by atoms with Gasteiger partial charge in [-0.2, -0.15) is 0 Å². The van der Waals surface area contributed by atoms with E-state index in [1.54, 1.807) is 12.8 Å². The van der Waals surface area contributed by atoms with Crippen molar-refractivity contribution >= 4 is 0 Å². The third kappa shape index (κ3) is 1.32. The van der Waals surface area contributed by atoms with Gasteiger partial charge < -0.3 is 0 Å². The fraction of sp³-hybridized carbons (Fsp3) is 1.00. The van der Waals surface area contributed by atoms with E-state index in [1.165, 1.54) is 19.3 Å². The molecule has 11 heavy (non-hydrogen) atoms. The molecule has 0 heterocycles. The Bertz CT molecular complexity index is 139. The summed E-state index contributed by atoms with van der Waals surface area (Å²) < 4.78 is 0. The lowest BCUT2D eigenvalue weighted by Crippen LogP contribution is -2.11. The maximum Gasteiger partial charge on any atom is -0.0355 e. The van der Waals surface area contributed by atoms with Crippen LogP contribution in [0.1, 0.15) is 46.0 Å². The summed E-state index contributed by atoms with van der Waals surface area (Å²) in [5.41, 5.74) is 0. The Morgan fingerprint density at radius 2 is 2.09 bits per heavy atom. The second kappa shape index (κ2) is 2.80. The van der Waals surface area contributed by atoms with Gasteiger partial charge in [-0.3, -0.25) is 0 Å². The van der Waals surface area contributed by atoms with Crippen molar-refractivity contribution in [3.05, 3.63) is 0 Å². The van der Waals surface area contributed by atoms with Crippen LogP contribution in [0, 0.1) is 23.7 Å². The van der Waals surface area contributed by atoms with Gasteiger partial charge in [0.2, 0.25) is 0 Å². The van der Waals surface area contributed by atoms with Gasteiger partial charge in [0.15, 0.2) is 0 Å². The monoisotopic (exact) mass is 152 g/mol. The third-order valence-electron chi connectivity index (χ3n) is 4.07. The van der Waals surface area contributed by atoms with Crippen LogP contribution >= 0.6 is 0 Å². The Morgan fingerprint density at radius 1 is 1.27 bits per heavy atom. The average molecular weight is 152 g/mol. The second-order valence-corrected chi connectivity index (χ2v) is 4.62. The topological polar surface area (TPSA) is 0 Å². The van der Waals surface area contributed by atoms with Gasteiger partial charge >= 0.3 is 0 Å². The van der Waals surface area contributed by atoms with E-state index in [-0.39, 0.29) is 0 Å². The van der Waals surface area contributed by atoms with E-state index in [9.17, 15) is 0 Å². The van der Waals surface area contributed by atoms with Crippen molar-refractivity contribution in [2.24, 2.45) is 23.7 Å². The molecule has 0 N–H and O–H groups in total. The predicted octanol–water partition coefficient (Wildman–Crippen LogP) is 3.47. The van der Waals surface area contributed by atoms with Crippen LogP contribution in [0.2, 0.25) is 0 Å². The van der Waals surface area contributed by atoms with Crippen molar-refractivity contribution in [3.63, 3.8) is 0 Å². The zero-order chi connectivity index (χ0) is 7.84. The molecule has 0 aliphatic heterocycles. The molecule has 4 atom stereocenters. The first kappa shape index (κ1) is 7.64. The maximum absolute atomic E-state index is 2.49. The summed E-state index contributed by atoms with van der Waals surface area (Å²) in [7, 11) is 0. The van der Waals surface area contributed by atoms with Gasteiger partial charge in [0.25, 0.3) is 0 Å². The van der Waals surface area contributed by atoms with E-state index in [2.05, 4.69) is 13.8 Å². The zero-order valence-corrected chi connectivity index (χ0v) is 7.84. The van der Waals surface area contributed by atoms with Crippen LogP contribution in [-0.4, -0.2) is 0 Å². The van der Waals surface area contributed by atoms with Crippen LogP contribution < -0.4 is 0 Å². The molecule has 0 spiro atoms. The van der Waals surface area contributed by atoms with Crippen LogP contribution in [0.15, 0.2) is 0 Å². The quantitative estimate of drug-likeness (QED) is 0.539. The number of fused-ring (bicyclic) bond motifs is 1. The molecule has 0 saturated heterocycles. The van der Waals surface area contributed by atoms with Gasteiger partial charge in [0, 0.05) is 0 Å². The van der Waals surface area contributed by atoms with Gasteiger partial charge in [-0.1, -0.05) is 39.5 Å². The van der Waals surface area contributed by atoms with E-state index in [1.807, 2.05) is 0 Å².